The molecular formula is C21H32N4O3. The van der Waals surface area contributed by atoms with Crippen LogP contribution < -0.4 is 15.8 Å². The van der Waals surface area contributed by atoms with Crippen molar-refractivity contribution in [1.82, 2.24) is 15.2 Å². The molecule has 1 saturated carbocycles. The number of ether oxygens (including phenoxy) is 2. The number of morpholine rings is 1. The van der Waals surface area contributed by atoms with E-state index >= 15 is 0 Å². The Morgan fingerprint density at radius 1 is 1.43 bits per heavy atom. The second kappa shape index (κ2) is 8.76. The summed E-state index contributed by atoms with van der Waals surface area (Å²) in [6.45, 7) is 5.03. The Morgan fingerprint density at radius 2 is 2.25 bits per heavy atom. The maximum Gasteiger partial charge on any atom is 0.253 e. The van der Waals surface area contributed by atoms with Crippen LogP contribution in [0.3, 0.4) is 0 Å². The summed E-state index contributed by atoms with van der Waals surface area (Å²) in [5, 5.41) is 3.26. The zero-order valence-corrected chi connectivity index (χ0v) is 16.8. The van der Waals surface area contributed by atoms with Crippen LogP contribution in [0.5, 0.6) is 5.75 Å². The number of carbonyl (C=O) groups is 1. The molecule has 1 aromatic rings. The Balaban J connectivity index is 1.61. The molecule has 2 fully saturated rings. The molecule has 3 aliphatic rings. The molecule has 0 unspecified atom stereocenters. The van der Waals surface area contributed by atoms with E-state index in [-0.39, 0.29) is 11.9 Å². The van der Waals surface area contributed by atoms with Crippen molar-refractivity contribution in [2.24, 2.45) is 5.73 Å². The summed E-state index contributed by atoms with van der Waals surface area (Å²) in [6, 6.07) is 2.23. The van der Waals surface area contributed by atoms with Gasteiger partial charge in [0.25, 0.3) is 5.91 Å². The highest BCUT2D eigenvalue weighted by molar-refractivity contribution is 5.82. The first kappa shape index (κ1) is 19.6. The highest BCUT2D eigenvalue weighted by atomic mass is 16.5. The van der Waals surface area contributed by atoms with Gasteiger partial charge in [0.1, 0.15) is 18.5 Å². The van der Waals surface area contributed by atoms with Crippen molar-refractivity contribution in [2.45, 2.75) is 63.6 Å². The van der Waals surface area contributed by atoms with E-state index in [4.69, 9.17) is 20.2 Å². The summed E-state index contributed by atoms with van der Waals surface area (Å²) in [5.41, 5.74) is 8.92. The van der Waals surface area contributed by atoms with Crippen LogP contribution in [0, 0.1) is 0 Å². The number of nitrogens with one attached hydrogen (secondary N) is 1. The fourth-order valence-corrected chi connectivity index (χ4v) is 4.27. The molecule has 7 heteroatoms. The standard InChI is InChI=1S/C21H32N4O3/c1-14(25(15-6-7-15)21(26)20-13-23-9-11-28-20)18-12-19(27-10-8-22)16-4-2-3-5-17(16)24-18/h12,14-15,20,23H,2-11,13,22H2,1H3/t14-,20-/m1/s1. The summed E-state index contributed by atoms with van der Waals surface area (Å²) in [5.74, 6) is 0.974. The predicted molar refractivity (Wildman–Crippen MR) is 106 cm³/mol. The first-order valence-corrected chi connectivity index (χ1v) is 10.7. The van der Waals surface area contributed by atoms with Crippen LogP contribution in [0.25, 0.3) is 0 Å². The first-order chi connectivity index (χ1) is 13.7. The second-order valence-corrected chi connectivity index (χ2v) is 8.03. The van der Waals surface area contributed by atoms with Gasteiger partial charge >= 0.3 is 0 Å². The lowest BCUT2D eigenvalue weighted by molar-refractivity contribution is -0.148. The fraction of sp³-hybridized carbons (Fsp3) is 0.714. The molecule has 1 aliphatic heterocycles. The Bertz CT molecular complexity index is 701. The van der Waals surface area contributed by atoms with Crippen molar-refractivity contribution in [3.8, 4) is 5.75 Å². The summed E-state index contributed by atoms with van der Waals surface area (Å²) >= 11 is 0. The van der Waals surface area contributed by atoms with Gasteiger partial charge in [0.15, 0.2) is 0 Å². The molecule has 0 bridgehead atoms. The van der Waals surface area contributed by atoms with Crippen LogP contribution in [0.15, 0.2) is 6.07 Å². The maximum atomic E-state index is 13.2. The van der Waals surface area contributed by atoms with Crippen molar-refractivity contribution < 1.29 is 14.3 Å². The molecule has 1 aromatic heterocycles. The molecule has 0 spiro atoms. The Morgan fingerprint density at radius 3 is 2.96 bits per heavy atom. The molecular weight excluding hydrogens is 356 g/mol. The SMILES string of the molecule is C[C@H](c1cc(OCCN)c2c(n1)CCCC2)N(C(=O)[C@H]1CNCCO1)C1CC1. The molecule has 0 radical (unpaired) electrons. The average molecular weight is 389 g/mol. The molecule has 0 aromatic carbocycles. The number of nitrogens with two attached hydrogens (primary N) is 1. The van der Waals surface area contributed by atoms with Gasteiger partial charge in [0, 0.05) is 43.0 Å². The highest BCUT2D eigenvalue weighted by Gasteiger charge is 2.40. The minimum absolute atomic E-state index is 0.0751. The van der Waals surface area contributed by atoms with E-state index in [2.05, 4.69) is 12.2 Å². The molecule has 1 saturated heterocycles. The zero-order valence-electron chi connectivity index (χ0n) is 16.8. The fourth-order valence-electron chi connectivity index (χ4n) is 4.27. The average Bonchev–Trinajstić information content (AvgIpc) is 3.57. The number of pyridine rings is 1. The molecule has 4 rings (SSSR count). The summed E-state index contributed by atoms with van der Waals surface area (Å²) in [6.07, 6.45) is 6.01. The lowest BCUT2D eigenvalue weighted by Crippen LogP contribution is -2.50. The van der Waals surface area contributed by atoms with E-state index in [0.29, 0.717) is 32.3 Å². The number of hydrogen-bond donors (Lipinski definition) is 2. The molecule has 28 heavy (non-hydrogen) atoms. The third kappa shape index (κ3) is 4.16. The topological polar surface area (TPSA) is 89.7 Å². The predicted octanol–water partition coefficient (Wildman–Crippen LogP) is 1.34. The minimum atomic E-state index is -0.401. The number of aryl methyl sites for hydroxylation is 1. The van der Waals surface area contributed by atoms with Crippen LogP contribution in [0.1, 0.15) is 55.6 Å². The summed E-state index contributed by atoms with van der Waals surface area (Å²) < 4.78 is 11.7. The Kier molecular flexibility index (Phi) is 6.13. The van der Waals surface area contributed by atoms with Crippen LogP contribution in [-0.2, 0) is 22.4 Å². The van der Waals surface area contributed by atoms with Gasteiger partial charge < -0.3 is 25.4 Å². The zero-order chi connectivity index (χ0) is 19.5. The van der Waals surface area contributed by atoms with Crippen LogP contribution in [-0.4, -0.2) is 60.8 Å². The molecule has 1 amide bonds. The van der Waals surface area contributed by atoms with Crippen LogP contribution >= 0.6 is 0 Å². The molecule has 3 N–H and O–H groups in total. The van der Waals surface area contributed by atoms with Gasteiger partial charge in [-0.2, -0.15) is 0 Å². The van der Waals surface area contributed by atoms with Gasteiger partial charge in [-0.05, 0) is 45.4 Å². The van der Waals surface area contributed by atoms with E-state index < -0.39 is 6.10 Å². The number of rotatable bonds is 7. The van der Waals surface area contributed by atoms with Crippen molar-refractivity contribution in [1.29, 1.82) is 0 Å². The summed E-state index contributed by atoms with van der Waals surface area (Å²) in [4.78, 5) is 20.2. The number of amides is 1. The van der Waals surface area contributed by atoms with Gasteiger partial charge in [0.05, 0.1) is 18.3 Å². The monoisotopic (exact) mass is 388 g/mol. The van der Waals surface area contributed by atoms with Crippen molar-refractivity contribution >= 4 is 5.91 Å². The Hall–Kier alpha value is -1.70. The number of aromatic nitrogens is 1. The molecule has 2 aliphatic carbocycles. The quantitative estimate of drug-likeness (QED) is 0.733. The van der Waals surface area contributed by atoms with Gasteiger partial charge in [-0.15, -0.1) is 0 Å². The normalized spacial score (nSPS) is 23.0. The van der Waals surface area contributed by atoms with Gasteiger partial charge in [0.2, 0.25) is 0 Å². The first-order valence-electron chi connectivity index (χ1n) is 10.7. The van der Waals surface area contributed by atoms with Crippen molar-refractivity contribution in [2.75, 3.05) is 32.8 Å². The largest absolute Gasteiger partial charge is 0.492 e. The molecule has 7 nitrogen and oxygen atoms in total. The van der Waals surface area contributed by atoms with Gasteiger partial charge in [-0.1, -0.05) is 0 Å². The van der Waals surface area contributed by atoms with E-state index in [1.54, 1.807) is 0 Å². The number of fused-ring (bicyclic) bond motifs is 1. The van der Waals surface area contributed by atoms with Gasteiger partial charge in [-0.3, -0.25) is 9.78 Å². The second-order valence-electron chi connectivity index (χ2n) is 8.03. The van der Waals surface area contributed by atoms with Crippen LogP contribution in [0.4, 0.5) is 0 Å². The summed E-state index contributed by atoms with van der Waals surface area (Å²) in [7, 11) is 0. The molecule has 154 valence electrons. The van der Waals surface area contributed by atoms with Crippen molar-refractivity contribution in [3.05, 3.63) is 23.0 Å². The lowest BCUT2D eigenvalue weighted by atomic mass is 9.94. The number of hydrogen-bond acceptors (Lipinski definition) is 6. The smallest absolute Gasteiger partial charge is 0.253 e. The van der Waals surface area contributed by atoms with Crippen molar-refractivity contribution in [3.63, 3.8) is 0 Å². The van der Waals surface area contributed by atoms with E-state index in [1.165, 1.54) is 12.0 Å². The lowest BCUT2D eigenvalue weighted by Gasteiger charge is -2.34. The van der Waals surface area contributed by atoms with Gasteiger partial charge in [-0.25, -0.2) is 0 Å². The van der Waals surface area contributed by atoms with Crippen LogP contribution in [0.2, 0.25) is 0 Å². The Labute approximate surface area is 167 Å². The maximum absolute atomic E-state index is 13.2. The minimum Gasteiger partial charge on any atom is -0.492 e. The van der Waals surface area contributed by atoms with E-state index in [1.807, 2.05) is 11.0 Å². The molecule has 2 atom stereocenters. The number of carbonyl (C=O) groups excluding carboxylic acids is 1. The van der Waals surface area contributed by atoms with E-state index in [0.717, 1.165) is 55.8 Å². The molecule has 2 heterocycles. The third-order valence-electron chi connectivity index (χ3n) is 5.90. The number of nitrogens with zero attached hydrogens (tertiary/aromatic N) is 2. The third-order valence-corrected chi connectivity index (χ3v) is 5.90. The van der Waals surface area contributed by atoms with E-state index in [9.17, 15) is 4.79 Å². The highest BCUT2D eigenvalue weighted by Crippen LogP contribution is 2.37.